The van der Waals surface area contributed by atoms with Crippen molar-refractivity contribution >= 4 is 27.8 Å². The Morgan fingerprint density at radius 3 is 1.82 bits per heavy atom. The molecule has 2 atom stereocenters. The molecule has 2 heterocycles. The molecule has 5 aromatic carbocycles. The molecule has 1 saturated heterocycles. The van der Waals surface area contributed by atoms with E-state index in [-0.39, 0.29) is 12.2 Å². The molecule has 5 aromatic rings. The molecule has 1 fully saturated rings. The molecule has 164 valence electrons. The Bertz CT molecular complexity index is 1450. The number of ether oxygens (including phenoxy) is 1. The van der Waals surface area contributed by atoms with Crippen LogP contribution in [0, 0.1) is 0 Å². The number of para-hydroxylation sites is 2. The van der Waals surface area contributed by atoms with Crippen LogP contribution in [0.15, 0.2) is 115 Å². The smallest absolute Gasteiger partial charge is 0.0838 e. The third kappa shape index (κ3) is 3.14. The van der Waals surface area contributed by atoms with Gasteiger partial charge in [0.1, 0.15) is 0 Å². The van der Waals surface area contributed by atoms with Crippen LogP contribution in [-0.4, -0.2) is 0 Å². The van der Waals surface area contributed by atoms with Gasteiger partial charge in [0.05, 0.1) is 17.9 Å². The van der Waals surface area contributed by atoms with Crippen LogP contribution >= 0.6 is 0 Å². The zero-order valence-electron chi connectivity index (χ0n) is 18.9. The van der Waals surface area contributed by atoms with Crippen molar-refractivity contribution in [1.82, 2.24) is 0 Å². The topological polar surface area (TPSA) is 12.5 Å². The lowest BCUT2D eigenvalue weighted by Gasteiger charge is -2.28. The fraction of sp³-hybridized carbons (Fsp3) is 0.125. The van der Waals surface area contributed by atoms with E-state index in [4.69, 9.17) is 4.74 Å². The van der Waals surface area contributed by atoms with Gasteiger partial charge in [0, 0.05) is 16.9 Å². The van der Waals surface area contributed by atoms with Crippen molar-refractivity contribution in [3.05, 3.63) is 126 Å². The first-order chi connectivity index (χ1) is 16.8. The Kier molecular flexibility index (Phi) is 4.53. The molecule has 0 spiro atoms. The van der Waals surface area contributed by atoms with Crippen LogP contribution in [-0.2, 0) is 4.74 Å². The summed E-state index contributed by atoms with van der Waals surface area (Å²) in [5.74, 6) is 0. The molecule has 0 aliphatic carbocycles. The van der Waals surface area contributed by atoms with Crippen LogP contribution in [0.2, 0.25) is 0 Å². The van der Waals surface area contributed by atoms with Gasteiger partial charge in [0.15, 0.2) is 0 Å². The van der Waals surface area contributed by atoms with E-state index in [9.17, 15) is 0 Å². The molecule has 2 unspecified atom stereocenters. The normalized spacial score (nSPS) is 18.2. The second-order valence-corrected chi connectivity index (χ2v) is 9.26. The van der Waals surface area contributed by atoms with Crippen LogP contribution in [0.1, 0.15) is 36.2 Å². The van der Waals surface area contributed by atoms with E-state index >= 15 is 0 Å². The lowest BCUT2D eigenvalue weighted by atomic mass is 9.88. The van der Waals surface area contributed by atoms with Gasteiger partial charge in [-0.2, -0.15) is 0 Å². The van der Waals surface area contributed by atoms with Crippen LogP contribution in [0.5, 0.6) is 0 Å². The summed E-state index contributed by atoms with van der Waals surface area (Å²) < 4.78 is 6.21. The summed E-state index contributed by atoms with van der Waals surface area (Å²) in [6, 6.07) is 41.6. The highest BCUT2D eigenvalue weighted by Gasteiger charge is 2.38. The predicted molar refractivity (Wildman–Crippen MR) is 140 cm³/mol. The Hall–Kier alpha value is -3.88. The number of rotatable bonds is 4. The summed E-state index contributed by atoms with van der Waals surface area (Å²) >= 11 is 0. The average molecular weight is 440 g/mol. The average Bonchev–Trinajstić information content (AvgIpc) is 3.52. The van der Waals surface area contributed by atoms with Gasteiger partial charge in [-0.05, 0) is 82.8 Å². The highest BCUT2D eigenvalue weighted by Crippen LogP contribution is 2.52. The molecule has 0 saturated carbocycles. The van der Waals surface area contributed by atoms with E-state index in [1.807, 2.05) is 0 Å². The Morgan fingerprint density at radius 2 is 1.15 bits per heavy atom. The first-order valence-electron chi connectivity index (χ1n) is 12.1. The summed E-state index contributed by atoms with van der Waals surface area (Å²) in [5, 5.41) is 2.49. The fourth-order valence-electron chi connectivity index (χ4n) is 5.63. The molecule has 34 heavy (non-hydrogen) atoms. The van der Waals surface area contributed by atoms with Gasteiger partial charge in [-0.3, -0.25) is 0 Å². The zero-order valence-corrected chi connectivity index (χ0v) is 18.9. The molecular weight excluding hydrogens is 414 g/mol. The molecule has 0 N–H and O–H groups in total. The van der Waals surface area contributed by atoms with Gasteiger partial charge >= 0.3 is 0 Å². The van der Waals surface area contributed by atoms with Crippen molar-refractivity contribution in [3.63, 3.8) is 0 Å². The summed E-state index contributed by atoms with van der Waals surface area (Å²) in [5.41, 5.74) is 8.70. The molecule has 2 bridgehead atoms. The minimum absolute atomic E-state index is 0.253. The number of nitrogens with zero attached hydrogens (tertiary/aromatic N) is 1. The number of hydrogen-bond acceptors (Lipinski definition) is 2. The van der Waals surface area contributed by atoms with Crippen molar-refractivity contribution in [1.29, 1.82) is 0 Å². The summed E-state index contributed by atoms with van der Waals surface area (Å²) in [6.45, 7) is 0. The second kappa shape index (κ2) is 7.86. The van der Waals surface area contributed by atoms with Crippen LogP contribution in [0.25, 0.3) is 21.9 Å². The van der Waals surface area contributed by atoms with Crippen LogP contribution in [0.3, 0.4) is 0 Å². The van der Waals surface area contributed by atoms with Crippen molar-refractivity contribution in [2.45, 2.75) is 25.0 Å². The van der Waals surface area contributed by atoms with E-state index in [0.717, 1.165) is 24.2 Å². The minimum atomic E-state index is 0.253. The Labute approximate surface area is 200 Å². The minimum Gasteiger partial charge on any atom is -0.366 e. The number of anilines is 3. The first kappa shape index (κ1) is 19.6. The first-order valence-corrected chi connectivity index (χ1v) is 12.1. The van der Waals surface area contributed by atoms with Gasteiger partial charge in [0.2, 0.25) is 0 Å². The van der Waals surface area contributed by atoms with E-state index in [1.165, 1.54) is 38.7 Å². The van der Waals surface area contributed by atoms with Gasteiger partial charge in [-0.25, -0.2) is 0 Å². The predicted octanol–water partition coefficient (Wildman–Crippen LogP) is 8.88. The quantitative estimate of drug-likeness (QED) is 0.277. The van der Waals surface area contributed by atoms with Crippen molar-refractivity contribution in [2.24, 2.45) is 0 Å². The molecule has 2 aliphatic heterocycles. The van der Waals surface area contributed by atoms with E-state index < -0.39 is 0 Å². The maximum absolute atomic E-state index is 6.21. The Morgan fingerprint density at radius 1 is 0.559 bits per heavy atom. The van der Waals surface area contributed by atoms with E-state index in [0.29, 0.717) is 0 Å². The SMILES string of the molecule is c1ccc(N(c2ccccc2)c2cc3ccccc3cc2-c2ccc3c(c2)C2CCC3O2)cc1. The zero-order chi connectivity index (χ0) is 22.5. The number of fused-ring (bicyclic) bond motifs is 6. The molecular formula is C32H25NO. The van der Waals surface area contributed by atoms with E-state index in [1.54, 1.807) is 0 Å². The van der Waals surface area contributed by atoms with Gasteiger partial charge < -0.3 is 9.64 Å². The van der Waals surface area contributed by atoms with Crippen LogP contribution in [0.4, 0.5) is 17.1 Å². The lowest BCUT2D eigenvalue weighted by Crippen LogP contribution is -2.11. The maximum atomic E-state index is 6.21. The number of benzene rings is 5. The van der Waals surface area contributed by atoms with Gasteiger partial charge in [-0.15, -0.1) is 0 Å². The molecule has 0 radical (unpaired) electrons. The van der Waals surface area contributed by atoms with Crippen LogP contribution < -0.4 is 4.90 Å². The van der Waals surface area contributed by atoms with Gasteiger partial charge in [-0.1, -0.05) is 72.8 Å². The second-order valence-electron chi connectivity index (χ2n) is 9.26. The third-order valence-corrected chi connectivity index (χ3v) is 7.24. The van der Waals surface area contributed by atoms with Crippen molar-refractivity contribution < 1.29 is 4.74 Å². The number of hydrogen-bond donors (Lipinski definition) is 0. The monoisotopic (exact) mass is 439 g/mol. The highest BCUT2D eigenvalue weighted by atomic mass is 16.5. The molecule has 7 rings (SSSR count). The Balaban J connectivity index is 1.49. The fourth-order valence-corrected chi connectivity index (χ4v) is 5.63. The lowest BCUT2D eigenvalue weighted by molar-refractivity contribution is 0.0717. The molecule has 2 heteroatoms. The maximum Gasteiger partial charge on any atom is 0.0838 e. The van der Waals surface area contributed by atoms with E-state index in [2.05, 4.69) is 120 Å². The molecule has 0 amide bonds. The molecule has 2 aliphatic rings. The van der Waals surface area contributed by atoms with Crippen molar-refractivity contribution in [2.75, 3.05) is 4.90 Å². The van der Waals surface area contributed by atoms with Gasteiger partial charge in [0.25, 0.3) is 0 Å². The third-order valence-electron chi connectivity index (χ3n) is 7.24. The summed E-state index contributed by atoms with van der Waals surface area (Å²) in [6.07, 6.45) is 2.82. The van der Waals surface area contributed by atoms with Crippen molar-refractivity contribution in [3.8, 4) is 11.1 Å². The highest BCUT2D eigenvalue weighted by molar-refractivity contribution is 5.98. The molecule has 0 aromatic heterocycles. The molecule has 2 nitrogen and oxygen atoms in total. The summed E-state index contributed by atoms with van der Waals surface area (Å²) in [7, 11) is 0. The largest absolute Gasteiger partial charge is 0.366 e. The standard InChI is InChI=1S/C32H25NO/c1-3-11-25(12-4-1)33(26-13-5-2-6-14-26)30-21-23-10-8-7-9-22(23)19-28(30)24-15-16-27-29(20-24)32-18-17-31(27)34-32/h1-16,19-21,31-32H,17-18H2. The summed E-state index contributed by atoms with van der Waals surface area (Å²) in [4.78, 5) is 2.37.